The van der Waals surface area contributed by atoms with E-state index in [1.165, 1.54) is 6.33 Å². The number of hydrogen-bond acceptors (Lipinski definition) is 8. The molecule has 0 unspecified atom stereocenters. The van der Waals surface area contributed by atoms with Crippen LogP contribution in [0.1, 0.15) is 18.9 Å². The number of hydrogen-bond donors (Lipinski definition) is 2. The number of nitrogen functional groups attached to an aromatic ring is 1. The molecule has 10 heteroatoms. The van der Waals surface area contributed by atoms with Crippen molar-refractivity contribution < 1.29 is 14.6 Å². The molecule has 2 saturated heterocycles. The van der Waals surface area contributed by atoms with Crippen molar-refractivity contribution in [2.24, 2.45) is 5.92 Å². The number of ether oxygens (including phenoxy) is 1. The zero-order valence-corrected chi connectivity index (χ0v) is 21.1. The molecule has 0 atom stereocenters. The fourth-order valence-corrected chi connectivity index (χ4v) is 5.19. The van der Waals surface area contributed by atoms with Crippen LogP contribution in [-0.2, 0) is 4.79 Å². The van der Waals surface area contributed by atoms with E-state index in [0.717, 1.165) is 43.0 Å². The van der Waals surface area contributed by atoms with Gasteiger partial charge >= 0.3 is 0 Å². The average Bonchev–Trinajstić information content (AvgIpc) is 3.30. The Morgan fingerprint density at radius 3 is 2.42 bits per heavy atom. The van der Waals surface area contributed by atoms with E-state index < -0.39 is 0 Å². The maximum absolute atomic E-state index is 12.9. The van der Waals surface area contributed by atoms with E-state index in [1.54, 1.807) is 0 Å². The second-order valence-corrected chi connectivity index (χ2v) is 10.0. The van der Waals surface area contributed by atoms with Gasteiger partial charge in [0.1, 0.15) is 29.3 Å². The molecule has 38 heavy (non-hydrogen) atoms. The van der Waals surface area contributed by atoms with Gasteiger partial charge in [-0.05, 0) is 68.2 Å². The molecule has 0 bridgehead atoms. The van der Waals surface area contributed by atoms with E-state index in [2.05, 4.69) is 14.9 Å². The lowest BCUT2D eigenvalue weighted by atomic mass is 9.98. The molecule has 0 saturated carbocycles. The first-order valence-corrected chi connectivity index (χ1v) is 13.0. The van der Waals surface area contributed by atoms with Crippen LogP contribution in [0, 0.1) is 5.92 Å². The SMILES string of the molecule is Nc1ncnc2c1c(-c1ccc(Oc3ccccc3)cc1)nn2C1CN(C(=O)CN2CCC(CO)CC2)C1. The number of carbonyl (C=O) groups is 1. The number of aromatic nitrogens is 4. The minimum absolute atomic E-state index is 0.0188. The largest absolute Gasteiger partial charge is 0.457 e. The summed E-state index contributed by atoms with van der Waals surface area (Å²) in [4.78, 5) is 25.6. The summed E-state index contributed by atoms with van der Waals surface area (Å²) in [6.45, 7) is 3.52. The molecule has 3 N–H and O–H groups in total. The van der Waals surface area contributed by atoms with Gasteiger partial charge in [-0.15, -0.1) is 0 Å². The third-order valence-electron chi connectivity index (χ3n) is 7.51. The zero-order valence-electron chi connectivity index (χ0n) is 21.1. The molecular formula is C28H31N7O3. The van der Waals surface area contributed by atoms with Gasteiger partial charge in [0, 0.05) is 25.3 Å². The van der Waals surface area contributed by atoms with E-state index in [4.69, 9.17) is 15.6 Å². The van der Waals surface area contributed by atoms with Gasteiger partial charge in [0.15, 0.2) is 5.65 Å². The summed E-state index contributed by atoms with van der Waals surface area (Å²) in [6, 6.07) is 17.4. The van der Waals surface area contributed by atoms with Gasteiger partial charge < -0.3 is 20.5 Å². The van der Waals surface area contributed by atoms with Crippen LogP contribution in [0.3, 0.4) is 0 Å². The van der Waals surface area contributed by atoms with Crippen molar-refractivity contribution in [1.29, 1.82) is 0 Å². The number of carbonyl (C=O) groups excluding carboxylic acids is 1. The average molecular weight is 514 g/mol. The van der Waals surface area contributed by atoms with Gasteiger partial charge in [0.05, 0.1) is 18.0 Å². The van der Waals surface area contributed by atoms with E-state index in [0.29, 0.717) is 48.1 Å². The number of rotatable bonds is 7. The number of aliphatic hydroxyl groups is 1. The normalized spacial score (nSPS) is 17.0. The highest BCUT2D eigenvalue weighted by Crippen LogP contribution is 2.35. The molecule has 4 heterocycles. The number of likely N-dealkylation sites (tertiary alicyclic amines) is 2. The topological polar surface area (TPSA) is 123 Å². The Balaban J connectivity index is 1.17. The van der Waals surface area contributed by atoms with Crippen LogP contribution in [0.5, 0.6) is 11.5 Å². The Labute approximate surface area is 220 Å². The highest BCUT2D eigenvalue weighted by atomic mass is 16.5. The summed E-state index contributed by atoms with van der Waals surface area (Å²) in [5.41, 5.74) is 8.54. The lowest BCUT2D eigenvalue weighted by molar-refractivity contribution is -0.138. The molecule has 2 fully saturated rings. The number of nitrogens with zero attached hydrogens (tertiary/aromatic N) is 6. The quantitative estimate of drug-likeness (QED) is 0.387. The Kier molecular flexibility index (Phi) is 6.65. The first-order valence-electron chi connectivity index (χ1n) is 13.0. The number of anilines is 1. The molecule has 1 amide bonds. The summed E-state index contributed by atoms with van der Waals surface area (Å²) >= 11 is 0. The molecule has 196 valence electrons. The Bertz CT molecular complexity index is 1410. The molecule has 0 radical (unpaired) electrons. The highest BCUT2D eigenvalue weighted by molar-refractivity contribution is 5.98. The Morgan fingerprint density at radius 2 is 1.71 bits per heavy atom. The highest BCUT2D eigenvalue weighted by Gasteiger charge is 2.35. The Hall–Kier alpha value is -4.02. The van der Waals surface area contributed by atoms with Crippen molar-refractivity contribution in [1.82, 2.24) is 29.5 Å². The van der Waals surface area contributed by atoms with E-state index in [9.17, 15) is 9.90 Å². The van der Waals surface area contributed by atoms with Gasteiger partial charge in [0.2, 0.25) is 5.91 Å². The van der Waals surface area contributed by atoms with E-state index >= 15 is 0 Å². The van der Waals surface area contributed by atoms with Crippen LogP contribution in [0.25, 0.3) is 22.3 Å². The molecule has 6 rings (SSSR count). The Morgan fingerprint density at radius 1 is 1.00 bits per heavy atom. The van der Waals surface area contributed by atoms with Crippen molar-refractivity contribution in [3.05, 3.63) is 60.9 Å². The maximum Gasteiger partial charge on any atom is 0.236 e. The predicted molar refractivity (Wildman–Crippen MR) is 144 cm³/mol. The molecule has 0 spiro atoms. The van der Waals surface area contributed by atoms with Crippen LogP contribution in [0.2, 0.25) is 0 Å². The monoisotopic (exact) mass is 513 g/mol. The lowest BCUT2D eigenvalue weighted by Crippen LogP contribution is -2.54. The summed E-state index contributed by atoms with van der Waals surface area (Å²) in [7, 11) is 0. The third-order valence-corrected chi connectivity index (χ3v) is 7.51. The number of fused-ring (bicyclic) bond motifs is 1. The van der Waals surface area contributed by atoms with Gasteiger partial charge in [-0.25, -0.2) is 14.6 Å². The fraction of sp³-hybridized carbons (Fsp3) is 0.357. The number of para-hydroxylation sites is 1. The predicted octanol–water partition coefficient (Wildman–Crippen LogP) is 2.96. The van der Waals surface area contributed by atoms with Crippen molar-refractivity contribution >= 4 is 22.8 Å². The second kappa shape index (κ2) is 10.4. The summed E-state index contributed by atoms with van der Waals surface area (Å²) in [5, 5.41) is 15.0. The van der Waals surface area contributed by atoms with Crippen molar-refractivity contribution in [3.8, 4) is 22.8 Å². The summed E-state index contributed by atoms with van der Waals surface area (Å²) in [6.07, 6.45) is 3.33. The van der Waals surface area contributed by atoms with Crippen LogP contribution in [-0.4, -0.2) is 79.9 Å². The fourth-order valence-electron chi connectivity index (χ4n) is 5.19. The molecular weight excluding hydrogens is 482 g/mol. The minimum atomic E-state index is 0.0188. The minimum Gasteiger partial charge on any atom is -0.457 e. The van der Waals surface area contributed by atoms with E-state index in [1.807, 2.05) is 64.2 Å². The van der Waals surface area contributed by atoms with E-state index in [-0.39, 0.29) is 18.6 Å². The first-order chi connectivity index (χ1) is 18.6. The summed E-state index contributed by atoms with van der Waals surface area (Å²) in [5.74, 6) is 2.36. The van der Waals surface area contributed by atoms with Crippen LogP contribution < -0.4 is 10.5 Å². The van der Waals surface area contributed by atoms with Crippen molar-refractivity contribution in [2.75, 3.05) is 45.1 Å². The van der Waals surface area contributed by atoms with Crippen LogP contribution >= 0.6 is 0 Å². The molecule has 4 aromatic rings. The van der Waals surface area contributed by atoms with Gasteiger partial charge in [0.25, 0.3) is 0 Å². The van der Waals surface area contributed by atoms with Gasteiger partial charge in [-0.2, -0.15) is 5.10 Å². The van der Waals surface area contributed by atoms with Gasteiger partial charge in [-0.3, -0.25) is 9.69 Å². The van der Waals surface area contributed by atoms with Crippen LogP contribution in [0.4, 0.5) is 5.82 Å². The lowest BCUT2D eigenvalue weighted by Gasteiger charge is -2.41. The summed E-state index contributed by atoms with van der Waals surface area (Å²) < 4.78 is 7.81. The first kappa shape index (κ1) is 24.3. The number of piperidine rings is 1. The smallest absolute Gasteiger partial charge is 0.236 e. The molecule has 2 aromatic heterocycles. The van der Waals surface area contributed by atoms with Gasteiger partial charge in [-0.1, -0.05) is 18.2 Å². The zero-order chi connectivity index (χ0) is 26.1. The third kappa shape index (κ3) is 4.80. The second-order valence-electron chi connectivity index (χ2n) is 10.0. The molecule has 10 nitrogen and oxygen atoms in total. The molecule has 2 aliphatic rings. The van der Waals surface area contributed by atoms with Crippen molar-refractivity contribution in [2.45, 2.75) is 18.9 Å². The maximum atomic E-state index is 12.9. The molecule has 0 aliphatic carbocycles. The number of nitrogens with two attached hydrogens (primary N) is 1. The number of amides is 1. The number of benzene rings is 2. The van der Waals surface area contributed by atoms with Crippen molar-refractivity contribution in [3.63, 3.8) is 0 Å². The number of aliphatic hydroxyl groups excluding tert-OH is 1. The molecule has 2 aromatic carbocycles. The standard InChI is InChI=1S/C28H31N7O3/c29-27-25-26(20-6-8-23(9-7-20)38-22-4-2-1-3-5-22)32-35(28(25)31-18-30-27)21-14-34(15-21)24(37)16-33-12-10-19(17-36)11-13-33/h1-9,18-19,21,36H,10-17H2,(H2,29,30,31). The van der Waals surface area contributed by atoms with Crippen LogP contribution in [0.15, 0.2) is 60.9 Å². The molecule has 2 aliphatic heterocycles.